The molecule has 0 fully saturated rings. The fraction of sp³-hybridized carbons (Fsp3) is 0.294. The summed E-state index contributed by atoms with van der Waals surface area (Å²) >= 11 is 6.02. The van der Waals surface area contributed by atoms with Crippen LogP contribution in [0.4, 0.5) is 0 Å². The van der Waals surface area contributed by atoms with Crippen LogP contribution < -0.4 is 10.5 Å². The van der Waals surface area contributed by atoms with Crippen LogP contribution in [0.15, 0.2) is 42.5 Å². The number of hydrogen-bond acceptors (Lipinski definition) is 3. The van der Waals surface area contributed by atoms with E-state index in [2.05, 4.69) is 24.3 Å². The van der Waals surface area contributed by atoms with Crippen molar-refractivity contribution < 1.29 is 9.47 Å². The minimum absolute atomic E-state index is 0.0229. The van der Waals surface area contributed by atoms with E-state index in [9.17, 15) is 0 Å². The van der Waals surface area contributed by atoms with E-state index in [0.717, 1.165) is 28.9 Å². The Morgan fingerprint density at radius 3 is 2.71 bits per heavy atom. The maximum absolute atomic E-state index is 6.26. The molecular formula is C17H18ClNO2. The minimum Gasteiger partial charge on any atom is -0.485 e. The lowest BCUT2D eigenvalue weighted by Gasteiger charge is -2.30. The number of hydrogen-bond donors (Lipinski definition) is 1. The van der Waals surface area contributed by atoms with Crippen molar-refractivity contribution in [2.45, 2.75) is 25.2 Å². The summed E-state index contributed by atoms with van der Waals surface area (Å²) in [5, 5.41) is 0.690. The Morgan fingerprint density at radius 2 is 2.00 bits per heavy atom. The lowest BCUT2D eigenvalue weighted by Crippen LogP contribution is -2.24. The first-order valence-electron chi connectivity index (χ1n) is 6.97. The van der Waals surface area contributed by atoms with Gasteiger partial charge in [-0.3, -0.25) is 0 Å². The van der Waals surface area contributed by atoms with E-state index in [1.807, 2.05) is 18.2 Å². The van der Waals surface area contributed by atoms with Crippen LogP contribution in [0.3, 0.4) is 0 Å². The van der Waals surface area contributed by atoms with Crippen molar-refractivity contribution in [2.24, 2.45) is 5.73 Å². The molecule has 1 heterocycles. The molecule has 3 nitrogen and oxygen atoms in total. The molecule has 2 atom stereocenters. The van der Waals surface area contributed by atoms with E-state index in [1.54, 1.807) is 7.11 Å². The summed E-state index contributed by atoms with van der Waals surface area (Å²) in [5.74, 6) is 0.823. The van der Waals surface area contributed by atoms with E-state index in [4.69, 9.17) is 26.8 Å². The van der Waals surface area contributed by atoms with Gasteiger partial charge in [-0.25, -0.2) is 0 Å². The number of nitrogens with two attached hydrogens (primary N) is 1. The first-order valence-corrected chi connectivity index (χ1v) is 7.34. The van der Waals surface area contributed by atoms with E-state index in [0.29, 0.717) is 11.6 Å². The van der Waals surface area contributed by atoms with Gasteiger partial charge in [0, 0.05) is 30.2 Å². The zero-order chi connectivity index (χ0) is 14.8. The molecule has 2 aromatic carbocycles. The maximum atomic E-state index is 6.26. The predicted octanol–water partition coefficient (Wildman–Crippen LogP) is 4.01. The Bertz CT molecular complexity index is 627. The Morgan fingerprint density at radius 1 is 1.24 bits per heavy atom. The topological polar surface area (TPSA) is 44.5 Å². The summed E-state index contributed by atoms with van der Waals surface area (Å²) in [5.41, 5.74) is 9.52. The second-order valence-electron chi connectivity index (χ2n) is 5.31. The molecule has 4 heteroatoms. The summed E-state index contributed by atoms with van der Waals surface area (Å²) in [4.78, 5) is 0. The first-order chi connectivity index (χ1) is 10.2. The van der Waals surface area contributed by atoms with Crippen molar-refractivity contribution in [3.63, 3.8) is 0 Å². The molecule has 0 saturated heterocycles. The molecule has 1 aliphatic heterocycles. The highest BCUT2D eigenvalue weighted by Crippen LogP contribution is 2.40. The van der Waals surface area contributed by atoms with E-state index >= 15 is 0 Å². The van der Waals surface area contributed by atoms with Crippen molar-refractivity contribution in [3.8, 4) is 5.75 Å². The van der Waals surface area contributed by atoms with Crippen molar-refractivity contribution in [1.82, 2.24) is 0 Å². The number of ether oxygens (including phenoxy) is 2. The molecule has 21 heavy (non-hydrogen) atoms. The second kappa shape index (κ2) is 6.06. The van der Waals surface area contributed by atoms with Crippen molar-refractivity contribution in [2.75, 3.05) is 7.11 Å². The zero-order valence-electron chi connectivity index (χ0n) is 11.9. The van der Waals surface area contributed by atoms with Gasteiger partial charge in [-0.05, 0) is 29.3 Å². The molecule has 0 aliphatic carbocycles. The van der Waals surface area contributed by atoms with Gasteiger partial charge < -0.3 is 15.2 Å². The van der Waals surface area contributed by atoms with Crippen LogP contribution in [0, 0.1) is 0 Å². The summed E-state index contributed by atoms with van der Waals surface area (Å²) in [6, 6.07) is 13.8. The van der Waals surface area contributed by atoms with Gasteiger partial charge in [0.2, 0.25) is 0 Å². The van der Waals surface area contributed by atoms with Crippen molar-refractivity contribution in [3.05, 3.63) is 64.2 Å². The molecule has 1 aliphatic rings. The van der Waals surface area contributed by atoms with Gasteiger partial charge in [0.05, 0.1) is 6.61 Å². The van der Waals surface area contributed by atoms with Gasteiger partial charge in [-0.2, -0.15) is 0 Å². The highest BCUT2D eigenvalue weighted by molar-refractivity contribution is 6.30. The molecule has 110 valence electrons. The second-order valence-corrected chi connectivity index (χ2v) is 5.74. The third-order valence-corrected chi connectivity index (χ3v) is 4.01. The van der Waals surface area contributed by atoms with Crippen LogP contribution in [-0.2, 0) is 11.3 Å². The SMILES string of the molecule is COCc1ccc(C2CC(N)c3cc(Cl)ccc3O2)cc1. The van der Waals surface area contributed by atoms with Crippen LogP contribution in [0.25, 0.3) is 0 Å². The lowest BCUT2D eigenvalue weighted by atomic mass is 9.93. The number of benzene rings is 2. The van der Waals surface area contributed by atoms with E-state index in [1.165, 1.54) is 0 Å². The van der Waals surface area contributed by atoms with Crippen molar-refractivity contribution >= 4 is 11.6 Å². The van der Waals surface area contributed by atoms with Gasteiger partial charge in [0.15, 0.2) is 0 Å². The molecule has 2 aromatic rings. The monoisotopic (exact) mass is 303 g/mol. The third kappa shape index (κ3) is 3.05. The third-order valence-electron chi connectivity index (χ3n) is 3.77. The number of halogens is 1. The van der Waals surface area contributed by atoms with Gasteiger partial charge in [-0.15, -0.1) is 0 Å². The predicted molar refractivity (Wildman–Crippen MR) is 83.5 cm³/mol. The molecule has 3 rings (SSSR count). The summed E-state index contributed by atoms with van der Waals surface area (Å²) in [6.45, 7) is 0.618. The Labute approximate surface area is 129 Å². The van der Waals surface area contributed by atoms with Crippen molar-refractivity contribution in [1.29, 1.82) is 0 Å². The number of methoxy groups -OCH3 is 1. The summed E-state index contributed by atoms with van der Waals surface area (Å²) in [6.07, 6.45) is 0.724. The van der Waals surface area contributed by atoms with Crippen LogP contribution in [0.2, 0.25) is 5.02 Å². The maximum Gasteiger partial charge on any atom is 0.126 e. The Balaban J connectivity index is 1.83. The smallest absolute Gasteiger partial charge is 0.126 e. The van der Waals surface area contributed by atoms with Gasteiger partial charge >= 0.3 is 0 Å². The number of fused-ring (bicyclic) bond motifs is 1. The number of rotatable bonds is 3. The van der Waals surface area contributed by atoms with E-state index < -0.39 is 0 Å². The molecular weight excluding hydrogens is 286 g/mol. The summed E-state index contributed by atoms with van der Waals surface area (Å²) in [7, 11) is 1.69. The fourth-order valence-corrected chi connectivity index (χ4v) is 2.86. The zero-order valence-corrected chi connectivity index (χ0v) is 12.6. The normalized spacial score (nSPS) is 20.7. The largest absolute Gasteiger partial charge is 0.485 e. The fourth-order valence-electron chi connectivity index (χ4n) is 2.67. The standard InChI is InChI=1S/C17H18ClNO2/c1-20-10-11-2-4-12(5-3-11)17-9-15(19)14-8-13(18)6-7-16(14)21-17/h2-8,15,17H,9-10,19H2,1H3. The Kier molecular flexibility index (Phi) is 4.15. The van der Waals surface area contributed by atoms with Gasteiger partial charge in [0.25, 0.3) is 0 Å². The van der Waals surface area contributed by atoms with Crippen LogP contribution in [0.5, 0.6) is 5.75 Å². The molecule has 0 aromatic heterocycles. The Hall–Kier alpha value is -1.55. The highest BCUT2D eigenvalue weighted by atomic mass is 35.5. The van der Waals surface area contributed by atoms with Gasteiger partial charge in [-0.1, -0.05) is 35.9 Å². The minimum atomic E-state index is -0.0592. The van der Waals surface area contributed by atoms with Crippen LogP contribution >= 0.6 is 11.6 Å². The first kappa shape index (κ1) is 14.4. The van der Waals surface area contributed by atoms with Gasteiger partial charge in [0.1, 0.15) is 11.9 Å². The van der Waals surface area contributed by atoms with E-state index in [-0.39, 0.29) is 12.1 Å². The molecule has 0 radical (unpaired) electrons. The average Bonchev–Trinajstić information content (AvgIpc) is 2.49. The molecule has 2 unspecified atom stereocenters. The average molecular weight is 304 g/mol. The lowest BCUT2D eigenvalue weighted by molar-refractivity contribution is 0.161. The van der Waals surface area contributed by atoms with Crippen LogP contribution in [-0.4, -0.2) is 7.11 Å². The molecule has 2 N–H and O–H groups in total. The van der Waals surface area contributed by atoms with Crippen LogP contribution in [0.1, 0.15) is 35.3 Å². The molecule has 0 bridgehead atoms. The molecule has 0 amide bonds. The highest BCUT2D eigenvalue weighted by Gasteiger charge is 2.27. The quantitative estimate of drug-likeness (QED) is 0.931. The molecule has 0 saturated carbocycles. The summed E-state index contributed by atoms with van der Waals surface area (Å²) < 4.78 is 11.2. The molecule has 0 spiro atoms.